The number of methoxy groups -OCH3 is 1. The molecule has 1 atom stereocenters. The predicted octanol–water partition coefficient (Wildman–Crippen LogP) is 4.22. The molecule has 1 unspecified atom stereocenters. The minimum absolute atomic E-state index is 0.134. The number of rotatable bonds is 1. The quantitative estimate of drug-likeness (QED) is 0.781. The van der Waals surface area contributed by atoms with Crippen LogP contribution in [0.25, 0.3) is 11.0 Å². The van der Waals surface area contributed by atoms with Crippen molar-refractivity contribution in [3.8, 4) is 0 Å². The summed E-state index contributed by atoms with van der Waals surface area (Å²) in [6.45, 7) is 0. The molecule has 0 aliphatic heterocycles. The van der Waals surface area contributed by atoms with Crippen LogP contribution in [0, 0.1) is 0 Å². The second-order valence-electron chi connectivity index (χ2n) is 4.20. The number of ether oxygens (including phenoxy) is 1. The van der Waals surface area contributed by atoms with Gasteiger partial charge in [0.1, 0.15) is 17.4 Å². The van der Waals surface area contributed by atoms with Gasteiger partial charge in [-0.1, -0.05) is 15.9 Å². The lowest BCUT2D eigenvalue weighted by molar-refractivity contribution is 0.0700. The molecule has 16 heavy (non-hydrogen) atoms. The summed E-state index contributed by atoms with van der Waals surface area (Å²) in [4.78, 5) is 0. The van der Waals surface area contributed by atoms with Gasteiger partial charge in [-0.3, -0.25) is 0 Å². The molecule has 1 aromatic heterocycles. The molecule has 1 aliphatic carbocycles. The van der Waals surface area contributed by atoms with Gasteiger partial charge in [-0.05, 0) is 37.5 Å². The Bertz CT molecular complexity index is 530. The van der Waals surface area contributed by atoms with Gasteiger partial charge >= 0.3 is 0 Å². The van der Waals surface area contributed by atoms with E-state index in [2.05, 4.69) is 22.0 Å². The van der Waals surface area contributed by atoms with Gasteiger partial charge in [-0.25, -0.2) is 0 Å². The molecule has 2 nitrogen and oxygen atoms in total. The Morgan fingerprint density at radius 3 is 3.12 bits per heavy atom. The van der Waals surface area contributed by atoms with E-state index in [0.29, 0.717) is 0 Å². The van der Waals surface area contributed by atoms with Crippen molar-refractivity contribution in [3.05, 3.63) is 34.0 Å². The van der Waals surface area contributed by atoms with E-state index in [9.17, 15) is 0 Å². The molecule has 1 heterocycles. The van der Waals surface area contributed by atoms with Crippen LogP contribution < -0.4 is 0 Å². The molecule has 0 spiro atoms. The number of fused-ring (bicyclic) bond motifs is 3. The van der Waals surface area contributed by atoms with E-state index in [4.69, 9.17) is 9.15 Å². The third kappa shape index (κ3) is 1.50. The van der Waals surface area contributed by atoms with Crippen LogP contribution >= 0.6 is 15.9 Å². The number of halogens is 1. The minimum Gasteiger partial charge on any atom is -0.458 e. The molecule has 0 radical (unpaired) electrons. The van der Waals surface area contributed by atoms with E-state index in [1.54, 1.807) is 7.11 Å². The van der Waals surface area contributed by atoms with Crippen molar-refractivity contribution in [1.29, 1.82) is 0 Å². The Labute approximate surface area is 103 Å². The highest BCUT2D eigenvalue weighted by Crippen LogP contribution is 2.39. The van der Waals surface area contributed by atoms with Crippen molar-refractivity contribution in [1.82, 2.24) is 0 Å². The fourth-order valence-electron chi connectivity index (χ4n) is 2.48. The molecule has 0 bridgehead atoms. The highest BCUT2D eigenvalue weighted by atomic mass is 79.9. The molecule has 84 valence electrons. The van der Waals surface area contributed by atoms with Gasteiger partial charge in [0.25, 0.3) is 0 Å². The molecule has 0 saturated heterocycles. The van der Waals surface area contributed by atoms with Crippen LogP contribution in [0.5, 0.6) is 0 Å². The van der Waals surface area contributed by atoms with Crippen molar-refractivity contribution in [2.75, 3.05) is 7.11 Å². The molecular weight excluding hydrogens is 268 g/mol. The summed E-state index contributed by atoms with van der Waals surface area (Å²) in [5.74, 6) is 1.03. The average Bonchev–Trinajstić information content (AvgIpc) is 2.67. The molecule has 3 heteroatoms. The maximum Gasteiger partial charge on any atom is 0.137 e. The van der Waals surface area contributed by atoms with Gasteiger partial charge in [-0.15, -0.1) is 0 Å². The highest BCUT2D eigenvalue weighted by Gasteiger charge is 2.26. The molecule has 3 rings (SSSR count). The number of benzene rings is 1. The van der Waals surface area contributed by atoms with Crippen molar-refractivity contribution in [2.45, 2.75) is 25.4 Å². The van der Waals surface area contributed by atoms with Gasteiger partial charge in [0.05, 0.1) is 0 Å². The Balaban J connectivity index is 2.24. The standard InChI is InChI=1S/C13H13BrO2/c1-15-12-4-2-3-9-10-7-8(14)5-6-11(10)16-13(9)12/h5-7,12H,2-4H2,1H3. The van der Waals surface area contributed by atoms with Crippen molar-refractivity contribution in [2.24, 2.45) is 0 Å². The molecule has 1 aliphatic rings. The van der Waals surface area contributed by atoms with E-state index in [1.165, 1.54) is 17.4 Å². The van der Waals surface area contributed by atoms with Crippen molar-refractivity contribution in [3.63, 3.8) is 0 Å². The predicted molar refractivity (Wildman–Crippen MR) is 66.6 cm³/mol. The maximum atomic E-state index is 5.90. The van der Waals surface area contributed by atoms with Crippen LogP contribution in [-0.4, -0.2) is 7.11 Å². The maximum absolute atomic E-state index is 5.90. The third-order valence-electron chi connectivity index (χ3n) is 3.25. The molecule has 2 aromatic rings. The summed E-state index contributed by atoms with van der Waals surface area (Å²) >= 11 is 3.50. The average molecular weight is 281 g/mol. The third-order valence-corrected chi connectivity index (χ3v) is 3.75. The lowest BCUT2D eigenvalue weighted by Gasteiger charge is -2.19. The fourth-order valence-corrected chi connectivity index (χ4v) is 2.84. The van der Waals surface area contributed by atoms with Gasteiger partial charge in [0.15, 0.2) is 0 Å². The summed E-state index contributed by atoms with van der Waals surface area (Å²) in [5, 5.41) is 1.23. The van der Waals surface area contributed by atoms with Crippen molar-refractivity contribution >= 4 is 26.9 Å². The lowest BCUT2D eigenvalue weighted by Crippen LogP contribution is -2.08. The van der Waals surface area contributed by atoms with Gasteiger partial charge < -0.3 is 9.15 Å². The Hall–Kier alpha value is -0.800. The van der Waals surface area contributed by atoms with Crippen LogP contribution in [0.2, 0.25) is 0 Å². The molecule has 0 amide bonds. The molecular formula is C13H13BrO2. The number of furan rings is 1. The second kappa shape index (κ2) is 3.90. The molecule has 0 saturated carbocycles. The number of hydrogen-bond acceptors (Lipinski definition) is 2. The molecule has 0 fully saturated rings. The monoisotopic (exact) mass is 280 g/mol. The van der Waals surface area contributed by atoms with E-state index < -0.39 is 0 Å². The first-order chi connectivity index (χ1) is 7.79. The molecule has 1 aromatic carbocycles. The van der Waals surface area contributed by atoms with E-state index in [-0.39, 0.29) is 6.10 Å². The van der Waals surface area contributed by atoms with E-state index >= 15 is 0 Å². The Morgan fingerprint density at radius 2 is 2.31 bits per heavy atom. The first-order valence-electron chi connectivity index (χ1n) is 5.53. The number of aryl methyl sites for hydroxylation is 1. The van der Waals surface area contributed by atoms with Crippen LogP contribution in [0.15, 0.2) is 27.1 Å². The zero-order valence-corrected chi connectivity index (χ0v) is 10.7. The van der Waals surface area contributed by atoms with Gasteiger partial charge in [0, 0.05) is 22.5 Å². The summed E-state index contributed by atoms with van der Waals surface area (Å²) in [7, 11) is 1.75. The summed E-state index contributed by atoms with van der Waals surface area (Å²) < 4.78 is 12.5. The summed E-state index contributed by atoms with van der Waals surface area (Å²) in [5.41, 5.74) is 2.30. The lowest BCUT2D eigenvalue weighted by atomic mass is 9.94. The highest BCUT2D eigenvalue weighted by molar-refractivity contribution is 9.10. The van der Waals surface area contributed by atoms with Gasteiger partial charge in [0.2, 0.25) is 0 Å². The van der Waals surface area contributed by atoms with E-state index in [1.807, 2.05) is 12.1 Å². The second-order valence-corrected chi connectivity index (χ2v) is 5.12. The summed E-state index contributed by atoms with van der Waals surface area (Å²) in [6, 6.07) is 6.17. The van der Waals surface area contributed by atoms with Crippen LogP contribution in [0.3, 0.4) is 0 Å². The normalized spacial score (nSPS) is 20.0. The first-order valence-corrected chi connectivity index (χ1v) is 6.32. The minimum atomic E-state index is 0.134. The Morgan fingerprint density at radius 1 is 1.44 bits per heavy atom. The smallest absolute Gasteiger partial charge is 0.137 e. The molecule has 0 N–H and O–H groups in total. The largest absolute Gasteiger partial charge is 0.458 e. The SMILES string of the molecule is COC1CCCc2c1oc1ccc(Br)cc21. The number of hydrogen-bond donors (Lipinski definition) is 0. The van der Waals surface area contributed by atoms with Crippen molar-refractivity contribution < 1.29 is 9.15 Å². The van der Waals surface area contributed by atoms with E-state index in [0.717, 1.165) is 28.7 Å². The van der Waals surface area contributed by atoms with Gasteiger partial charge in [-0.2, -0.15) is 0 Å². The Kier molecular flexibility index (Phi) is 2.52. The van der Waals surface area contributed by atoms with Crippen LogP contribution in [-0.2, 0) is 11.2 Å². The zero-order chi connectivity index (χ0) is 11.1. The fraction of sp³-hybridized carbons (Fsp3) is 0.385. The van der Waals surface area contributed by atoms with Crippen LogP contribution in [0.1, 0.15) is 30.3 Å². The zero-order valence-electron chi connectivity index (χ0n) is 9.13. The first kappa shape index (κ1) is 10.4. The summed E-state index contributed by atoms with van der Waals surface area (Å²) in [6.07, 6.45) is 3.46. The van der Waals surface area contributed by atoms with Crippen LogP contribution in [0.4, 0.5) is 0 Å². The topological polar surface area (TPSA) is 22.4 Å².